The highest BCUT2D eigenvalue weighted by Crippen LogP contribution is 2.27. The number of carbonyl (C=O) groups excluding carboxylic acids is 2. The van der Waals surface area contributed by atoms with Crippen LogP contribution in [0.4, 0.5) is 4.79 Å². The van der Waals surface area contributed by atoms with E-state index in [2.05, 4.69) is 4.74 Å². The molecular weight excluding hydrogens is 194 g/mol. The SMILES string of the molecule is COC(=O)N(C)C1CCCC(C(C)=O)C1. The van der Waals surface area contributed by atoms with E-state index in [1.807, 2.05) is 0 Å². The van der Waals surface area contributed by atoms with E-state index in [9.17, 15) is 9.59 Å². The summed E-state index contributed by atoms with van der Waals surface area (Å²) in [5.41, 5.74) is 0. The van der Waals surface area contributed by atoms with Crippen LogP contribution in [-0.4, -0.2) is 37.0 Å². The predicted octanol–water partition coefficient (Wildman–Crippen LogP) is 1.83. The Kier molecular flexibility index (Phi) is 4.12. The molecule has 0 spiro atoms. The van der Waals surface area contributed by atoms with Crippen molar-refractivity contribution in [2.75, 3.05) is 14.2 Å². The van der Waals surface area contributed by atoms with Gasteiger partial charge in [-0.3, -0.25) is 4.79 Å². The zero-order chi connectivity index (χ0) is 11.4. The van der Waals surface area contributed by atoms with E-state index in [-0.39, 0.29) is 23.8 Å². The second-order valence-corrected chi connectivity index (χ2v) is 4.21. The normalized spacial score (nSPS) is 25.8. The minimum Gasteiger partial charge on any atom is -0.453 e. The fourth-order valence-electron chi connectivity index (χ4n) is 2.18. The molecule has 4 nitrogen and oxygen atoms in total. The first-order valence-corrected chi connectivity index (χ1v) is 5.37. The highest BCUT2D eigenvalue weighted by molar-refractivity contribution is 5.78. The maximum Gasteiger partial charge on any atom is 0.409 e. The molecule has 1 aliphatic carbocycles. The van der Waals surface area contributed by atoms with Gasteiger partial charge in [0.15, 0.2) is 0 Å². The van der Waals surface area contributed by atoms with Crippen molar-refractivity contribution in [3.63, 3.8) is 0 Å². The molecule has 0 bridgehead atoms. The lowest BCUT2D eigenvalue weighted by molar-refractivity contribution is -0.122. The van der Waals surface area contributed by atoms with Crippen molar-refractivity contribution in [1.82, 2.24) is 4.90 Å². The minimum atomic E-state index is -0.316. The van der Waals surface area contributed by atoms with E-state index >= 15 is 0 Å². The van der Waals surface area contributed by atoms with Crippen LogP contribution in [0.2, 0.25) is 0 Å². The number of methoxy groups -OCH3 is 1. The molecule has 0 aliphatic heterocycles. The number of amides is 1. The second kappa shape index (κ2) is 5.14. The average Bonchev–Trinajstić information content (AvgIpc) is 2.27. The smallest absolute Gasteiger partial charge is 0.409 e. The second-order valence-electron chi connectivity index (χ2n) is 4.21. The quantitative estimate of drug-likeness (QED) is 0.703. The van der Waals surface area contributed by atoms with Crippen LogP contribution in [0.3, 0.4) is 0 Å². The van der Waals surface area contributed by atoms with E-state index < -0.39 is 0 Å². The van der Waals surface area contributed by atoms with Gasteiger partial charge in [0.05, 0.1) is 7.11 Å². The van der Waals surface area contributed by atoms with Crippen LogP contribution in [0.1, 0.15) is 32.6 Å². The highest BCUT2D eigenvalue weighted by Gasteiger charge is 2.29. The van der Waals surface area contributed by atoms with Crippen molar-refractivity contribution >= 4 is 11.9 Å². The first-order chi connectivity index (χ1) is 7.06. The lowest BCUT2D eigenvalue weighted by Crippen LogP contribution is -2.41. The van der Waals surface area contributed by atoms with Crippen LogP contribution < -0.4 is 0 Å². The number of hydrogen-bond donors (Lipinski definition) is 0. The molecule has 0 aromatic heterocycles. The fourth-order valence-corrected chi connectivity index (χ4v) is 2.18. The van der Waals surface area contributed by atoms with Crippen LogP contribution in [0.25, 0.3) is 0 Å². The van der Waals surface area contributed by atoms with Gasteiger partial charge in [0.1, 0.15) is 5.78 Å². The molecule has 1 aliphatic rings. The molecule has 4 heteroatoms. The highest BCUT2D eigenvalue weighted by atomic mass is 16.5. The van der Waals surface area contributed by atoms with Gasteiger partial charge in [-0.25, -0.2) is 4.79 Å². The van der Waals surface area contributed by atoms with Gasteiger partial charge in [-0.1, -0.05) is 6.42 Å². The molecule has 1 saturated carbocycles. The van der Waals surface area contributed by atoms with Gasteiger partial charge in [0.25, 0.3) is 0 Å². The molecule has 2 atom stereocenters. The summed E-state index contributed by atoms with van der Waals surface area (Å²) in [6.07, 6.45) is 3.40. The van der Waals surface area contributed by atoms with Gasteiger partial charge in [-0.15, -0.1) is 0 Å². The standard InChI is InChI=1S/C11H19NO3/c1-8(13)9-5-4-6-10(7-9)12(2)11(14)15-3/h9-10H,4-7H2,1-3H3. The average molecular weight is 213 g/mol. The summed E-state index contributed by atoms with van der Waals surface area (Å²) < 4.78 is 4.66. The molecule has 0 heterocycles. The number of ketones is 1. The predicted molar refractivity (Wildman–Crippen MR) is 56.6 cm³/mol. The Hall–Kier alpha value is -1.06. The van der Waals surface area contributed by atoms with Crippen LogP contribution in [0, 0.1) is 5.92 Å². The van der Waals surface area contributed by atoms with E-state index in [0.717, 1.165) is 25.7 Å². The van der Waals surface area contributed by atoms with Crippen molar-refractivity contribution in [1.29, 1.82) is 0 Å². The van der Waals surface area contributed by atoms with Crippen molar-refractivity contribution in [3.05, 3.63) is 0 Å². The van der Waals surface area contributed by atoms with Crippen molar-refractivity contribution < 1.29 is 14.3 Å². The molecule has 0 aromatic carbocycles. The Morgan fingerprint density at radius 1 is 1.33 bits per heavy atom. The topological polar surface area (TPSA) is 46.6 Å². The van der Waals surface area contributed by atoms with E-state index in [4.69, 9.17) is 0 Å². The summed E-state index contributed by atoms with van der Waals surface area (Å²) in [4.78, 5) is 24.2. The molecule has 0 N–H and O–H groups in total. The van der Waals surface area contributed by atoms with Crippen LogP contribution in [-0.2, 0) is 9.53 Å². The first kappa shape index (κ1) is 12.0. The maximum atomic E-state index is 11.3. The van der Waals surface area contributed by atoms with E-state index in [0.29, 0.717) is 0 Å². The number of nitrogens with zero attached hydrogens (tertiary/aromatic N) is 1. The molecule has 1 rings (SSSR count). The van der Waals surface area contributed by atoms with E-state index in [1.54, 1.807) is 18.9 Å². The van der Waals surface area contributed by atoms with Crippen molar-refractivity contribution in [2.24, 2.45) is 5.92 Å². The van der Waals surface area contributed by atoms with Crippen molar-refractivity contribution in [2.45, 2.75) is 38.6 Å². The Morgan fingerprint density at radius 2 is 2.00 bits per heavy atom. The third-order valence-corrected chi connectivity index (χ3v) is 3.23. The molecular formula is C11H19NO3. The van der Waals surface area contributed by atoms with Gasteiger partial charge in [-0.05, 0) is 26.2 Å². The zero-order valence-electron chi connectivity index (χ0n) is 9.66. The molecule has 0 radical (unpaired) electrons. The van der Waals surface area contributed by atoms with Crippen LogP contribution >= 0.6 is 0 Å². The number of carbonyl (C=O) groups is 2. The molecule has 0 aromatic rings. The minimum absolute atomic E-state index is 0.121. The molecule has 2 unspecified atom stereocenters. The number of Topliss-reactive ketones (excluding diaryl/α,β-unsaturated/α-hetero) is 1. The van der Waals surface area contributed by atoms with Gasteiger partial charge in [0.2, 0.25) is 0 Å². The van der Waals surface area contributed by atoms with Gasteiger partial charge in [0, 0.05) is 19.0 Å². The molecule has 1 amide bonds. The monoisotopic (exact) mass is 213 g/mol. The molecule has 0 saturated heterocycles. The molecule has 15 heavy (non-hydrogen) atoms. The lowest BCUT2D eigenvalue weighted by Gasteiger charge is -2.33. The Balaban J connectivity index is 2.55. The summed E-state index contributed by atoms with van der Waals surface area (Å²) in [7, 11) is 3.11. The van der Waals surface area contributed by atoms with Crippen LogP contribution in [0.15, 0.2) is 0 Å². The van der Waals surface area contributed by atoms with Gasteiger partial charge < -0.3 is 9.64 Å². The third kappa shape index (κ3) is 2.94. The number of ether oxygens (including phenoxy) is 1. The largest absolute Gasteiger partial charge is 0.453 e. The van der Waals surface area contributed by atoms with E-state index in [1.165, 1.54) is 7.11 Å². The first-order valence-electron chi connectivity index (χ1n) is 5.37. The zero-order valence-corrected chi connectivity index (χ0v) is 9.66. The Labute approximate surface area is 90.6 Å². The Bertz CT molecular complexity index is 252. The van der Waals surface area contributed by atoms with Crippen LogP contribution in [0.5, 0.6) is 0 Å². The number of rotatable bonds is 2. The van der Waals surface area contributed by atoms with Gasteiger partial charge in [-0.2, -0.15) is 0 Å². The fraction of sp³-hybridized carbons (Fsp3) is 0.818. The number of hydrogen-bond acceptors (Lipinski definition) is 3. The summed E-state index contributed by atoms with van der Waals surface area (Å²) in [6.45, 7) is 1.63. The Morgan fingerprint density at radius 3 is 2.53 bits per heavy atom. The van der Waals surface area contributed by atoms with Crippen molar-refractivity contribution in [3.8, 4) is 0 Å². The third-order valence-electron chi connectivity index (χ3n) is 3.23. The summed E-state index contributed by atoms with van der Waals surface area (Å²) in [5, 5.41) is 0. The summed E-state index contributed by atoms with van der Waals surface area (Å²) >= 11 is 0. The molecule has 86 valence electrons. The maximum absolute atomic E-state index is 11.3. The summed E-state index contributed by atoms with van der Waals surface area (Å²) in [5.74, 6) is 0.355. The van der Waals surface area contributed by atoms with Gasteiger partial charge >= 0.3 is 6.09 Å². The molecule has 1 fully saturated rings. The lowest BCUT2D eigenvalue weighted by atomic mass is 9.83. The summed E-state index contributed by atoms with van der Waals surface area (Å²) in [6, 6.07) is 0.153.